The number of ether oxygens (including phenoxy) is 3. The fourth-order valence-corrected chi connectivity index (χ4v) is 2.51. The first-order valence-electron chi connectivity index (χ1n) is 8.39. The number of carbonyl (C=O) groups excluding carboxylic acids is 1. The Morgan fingerprint density at radius 2 is 1.56 bits per heavy atom. The number of nitrogens with one attached hydrogen (secondary N) is 1. The molecule has 0 spiro atoms. The van der Waals surface area contributed by atoms with Gasteiger partial charge < -0.3 is 29.7 Å². The number of amides is 1. The lowest BCUT2D eigenvalue weighted by atomic mass is 10.1. The number of carboxylic acid groups (broad SMARTS) is 2. The Balaban J connectivity index is 2.81. The third-order valence-corrected chi connectivity index (χ3v) is 3.91. The lowest BCUT2D eigenvalue weighted by Crippen LogP contribution is -2.40. The SMILES string of the molecule is COc1cc(C(=O)NC(CCCCCC(=O)O)C(=O)O)cc(OC)c1OC. The van der Waals surface area contributed by atoms with Crippen LogP contribution in [0.25, 0.3) is 0 Å². The van der Waals surface area contributed by atoms with Gasteiger partial charge in [0.2, 0.25) is 5.75 Å². The average Bonchev–Trinajstić information content (AvgIpc) is 2.64. The Morgan fingerprint density at radius 3 is 2.00 bits per heavy atom. The first-order valence-corrected chi connectivity index (χ1v) is 8.39. The van der Waals surface area contributed by atoms with E-state index in [0.717, 1.165) is 0 Å². The minimum Gasteiger partial charge on any atom is -0.493 e. The summed E-state index contributed by atoms with van der Waals surface area (Å²) < 4.78 is 15.6. The fraction of sp³-hybridized carbons (Fsp3) is 0.500. The highest BCUT2D eigenvalue weighted by molar-refractivity contribution is 5.97. The van der Waals surface area contributed by atoms with E-state index in [2.05, 4.69) is 5.32 Å². The molecule has 1 aromatic carbocycles. The van der Waals surface area contributed by atoms with Crippen molar-refractivity contribution in [1.82, 2.24) is 5.32 Å². The van der Waals surface area contributed by atoms with Gasteiger partial charge in [-0.05, 0) is 25.0 Å². The molecule has 0 bridgehead atoms. The molecule has 0 aliphatic carbocycles. The lowest BCUT2D eigenvalue weighted by molar-refractivity contribution is -0.140. The third kappa shape index (κ3) is 6.69. The summed E-state index contributed by atoms with van der Waals surface area (Å²) in [5, 5.41) is 20.4. The van der Waals surface area contributed by atoms with Crippen LogP contribution in [-0.4, -0.2) is 55.4 Å². The molecule has 0 saturated heterocycles. The van der Waals surface area contributed by atoms with Crippen LogP contribution in [0, 0.1) is 0 Å². The Morgan fingerprint density at radius 1 is 0.963 bits per heavy atom. The molecule has 1 aromatic rings. The number of unbranched alkanes of at least 4 members (excludes halogenated alkanes) is 2. The number of carboxylic acids is 2. The maximum Gasteiger partial charge on any atom is 0.326 e. The van der Waals surface area contributed by atoms with Gasteiger partial charge in [0.15, 0.2) is 11.5 Å². The molecule has 150 valence electrons. The molecule has 1 atom stereocenters. The summed E-state index contributed by atoms with van der Waals surface area (Å²) in [6.45, 7) is 0. The molecule has 0 radical (unpaired) electrons. The molecule has 0 aliphatic rings. The zero-order valence-electron chi connectivity index (χ0n) is 15.6. The molecule has 1 amide bonds. The number of hydrogen-bond donors (Lipinski definition) is 3. The van der Waals surface area contributed by atoms with Crippen LogP contribution in [0.2, 0.25) is 0 Å². The molecule has 1 unspecified atom stereocenters. The topological polar surface area (TPSA) is 131 Å². The van der Waals surface area contributed by atoms with Crippen LogP contribution in [0.1, 0.15) is 42.5 Å². The maximum atomic E-state index is 12.5. The predicted molar refractivity (Wildman–Crippen MR) is 95.7 cm³/mol. The van der Waals surface area contributed by atoms with E-state index >= 15 is 0 Å². The second-order valence-electron chi connectivity index (χ2n) is 5.77. The van der Waals surface area contributed by atoms with Crippen LogP contribution < -0.4 is 19.5 Å². The van der Waals surface area contributed by atoms with Crippen molar-refractivity contribution in [3.63, 3.8) is 0 Å². The Labute approximate surface area is 157 Å². The second-order valence-corrected chi connectivity index (χ2v) is 5.77. The van der Waals surface area contributed by atoms with Crippen LogP contribution in [0.5, 0.6) is 17.2 Å². The van der Waals surface area contributed by atoms with E-state index in [9.17, 15) is 19.5 Å². The highest BCUT2D eigenvalue weighted by Crippen LogP contribution is 2.38. The number of methoxy groups -OCH3 is 3. The molecular formula is C18H25NO8. The number of benzene rings is 1. The molecule has 9 nitrogen and oxygen atoms in total. The minimum absolute atomic E-state index is 0.0372. The van der Waals surface area contributed by atoms with Gasteiger partial charge in [0.05, 0.1) is 21.3 Å². The standard InChI is InChI=1S/C18H25NO8/c1-25-13-9-11(10-14(26-2)16(13)27-3)17(22)19-12(18(23)24)7-5-4-6-8-15(20)21/h9-10,12H,4-8H2,1-3H3,(H,19,22)(H,20,21)(H,23,24). The molecule has 9 heteroatoms. The van der Waals surface area contributed by atoms with E-state index in [1.807, 2.05) is 0 Å². The Hall–Kier alpha value is -2.97. The highest BCUT2D eigenvalue weighted by atomic mass is 16.5. The molecule has 0 saturated carbocycles. The van der Waals surface area contributed by atoms with Crippen LogP contribution in [0.3, 0.4) is 0 Å². The molecule has 1 rings (SSSR count). The summed E-state index contributed by atoms with van der Waals surface area (Å²) in [7, 11) is 4.26. The van der Waals surface area contributed by atoms with Gasteiger partial charge in [-0.15, -0.1) is 0 Å². The normalized spacial score (nSPS) is 11.4. The summed E-state index contributed by atoms with van der Waals surface area (Å²) in [6.07, 6.45) is 1.75. The van der Waals surface area contributed by atoms with Gasteiger partial charge in [-0.3, -0.25) is 9.59 Å². The van der Waals surface area contributed by atoms with Crippen molar-refractivity contribution in [3.8, 4) is 17.2 Å². The number of hydrogen-bond acceptors (Lipinski definition) is 6. The molecular weight excluding hydrogens is 358 g/mol. The van der Waals surface area contributed by atoms with Crippen molar-refractivity contribution in [2.45, 2.75) is 38.1 Å². The van der Waals surface area contributed by atoms with Crippen LogP contribution in [0.15, 0.2) is 12.1 Å². The molecule has 3 N–H and O–H groups in total. The van der Waals surface area contributed by atoms with Crippen molar-refractivity contribution in [1.29, 1.82) is 0 Å². The van der Waals surface area contributed by atoms with Gasteiger partial charge in [-0.2, -0.15) is 0 Å². The molecule has 0 aromatic heterocycles. The summed E-state index contributed by atoms with van der Waals surface area (Å²) in [4.78, 5) is 34.4. The van der Waals surface area contributed by atoms with E-state index in [4.69, 9.17) is 19.3 Å². The molecule has 0 heterocycles. The average molecular weight is 383 g/mol. The van der Waals surface area contributed by atoms with Crippen LogP contribution >= 0.6 is 0 Å². The first kappa shape index (κ1) is 22.1. The zero-order valence-corrected chi connectivity index (χ0v) is 15.6. The molecule has 27 heavy (non-hydrogen) atoms. The van der Waals surface area contributed by atoms with Gasteiger partial charge in [0.25, 0.3) is 5.91 Å². The monoisotopic (exact) mass is 383 g/mol. The molecule has 0 fully saturated rings. The fourth-order valence-electron chi connectivity index (χ4n) is 2.51. The Kier molecular flexibility index (Phi) is 8.91. The van der Waals surface area contributed by atoms with Crippen molar-refractivity contribution < 1.29 is 38.8 Å². The highest BCUT2D eigenvalue weighted by Gasteiger charge is 2.22. The van der Waals surface area contributed by atoms with E-state index < -0.39 is 23.9 Å². The zero-order chi connectivity index (χ0) is 20.4. The van der Waals surface area contributed by atoms with Crippen molar-refractivity contribution in [2.24, 2.45) is 0 Å². The number of rotatable bonds is 12. The summed E-state index contributed by atoms with van der Waals surface area (Å²) in [6, 6.07) is 1.78. The van der Waals surface area contributed by atoms with E-state index in [1.54, 1.807) is 0 Å². The van der Waals surface area contributed by atoms with E-state index in [1.165, 1.54) is 33.5 Å². The van der Waals surface area contributed by atoms with E-state index in [0.29, 0.717) is 25.0 Å². The van der Waals surface area contributed by atoms with Gasteiger partial charge in [0, 0.05) is 12.0 Å². The summed E-state index contributed by atoms with van der Waals surface area (Å²) >= 11 is 0. The van der Waals surface area contributed by atoms with Gasteiger partial charge >= 0.3 is 11.9 Å². The van der Waals surface area contributed by atoms with Crippen LogP contribution in [0.4, 0.5) is 0 Å². The van der Waals surface area contributed by atoms with Crippen LogP contribution in [-0.2, 0) is 9.59 Å². The maximum absolute atomic E-state index is 12.5. The van der Waals surface area contributed by atoms with Crippen molar-refractivity contribution in [2.75, 3.05) is 21.3 Å². The third-order valence-electron chi connectivity index (χ3n) is 3.91. The van der Waals surface area contributed by atoms with E-state index in [-0.39, 0.29) is 29.9 Å². The second kappa shape index (κ2) is 10.9. The lowest BCUT2D eigenvalue weighted by Gasteiger charge is -2.17. The largest absolute Gasteiger partial charge is 0.493 e. The number of aliphatic carboxylic acids is 2. The smallest absolute Gasteiger partial charge is 0.326 e. The van der Waals surface area contributed by atoms with Gasteiger partial charge in [0.1, 0.15) is 6.04 Å². The molecule has 0 aliphatic heterocycles. The number of carbonyl (C=O) groups is 3. The van der Waals surface area contributed by atoms with Crippen molar-refractivity contribution >= 4 is 17.8 Å². The quantitative estimate of drug-likeness (QED) is 0.467. The minimum atomic E-state index is -1.16. The predicted octanol–water partition coefficient (Wildman–Crippen LogP) is 1.93. The van der Waals surface area contributed by atoms with Gasteiger partial charge in [-0.25, -0.2) is 4.79 Å². The summed E-state index contributed by atoms with van der Waals surface area (Å²) in [5.41, 5.74) is 0.168. The van der Waals surface area contributed by atoms with Crippen molar-refractivity contribution in [3.05, 3.63) is 17.7 Å². The first-order chi connectivity index (χ1) is 12.8. The Bertz CT molecular complexity index is 648. The summed E-state index contributed by atoms with van der Waals surface area (Å²) in [5.74, 6) is -1.75. The van der Waals surface area contributed by atoms with Gasteiger partial charge in [-0.1, -0.05) is 12.8 Å².